The van der Waals surface area contributed by atoms with E-state index in [1.165, 1.54) is 44.5 Å². The van der Waals surface area contributed by atoms with E-state index < -0.39 is 21.5 Å². The van der Waals surface area contributed by atoms with E-state index in [1.54, 1.807) is 13.2 Å². The second kappa shape index (κ2) is 10.8. The summed E-state index contributed by atoms with van der Waals surface area (Å²) in [5.41, 5.74) is 5.30. The summed E-state index contributed by atoms with van der Waals surface area (Å²) in [5, 5.41) is 4.75. The number of hydrogen-bond acceptors (Lipinski definition) is 6. The van der Waals surface area contributed by atoms with Crippen LogP contribution in [-0.2, 0) is 21.5 Å². The quantitative estimate of drug-likeness (QED) is 0.412. The summed E-state index contributed by atoms with van der Waals surface area (Å²) < 4.78 is 36.3. The van der Waals surface area contributed by atoms with Gasteiger partial charge in [0.2, 0.25) is 5.91 Å². The second-order valence-corrected chi connectivity index (χ2v) is 16.2. The first-order valence-corrected chi connectivity index (χ1v) is 18.2. The molecule has 2 aliphatic carbocycles. The highest BCUT2D eigenvalue weighted by Gasteiger charge is 2.64. The molecule has 2 saturated carbocycles. The summed E-state index contributed by atoms with van der Waals surface area (Å²) in [6, 6.07) is 12.6. The Morgan fingerprint density at radius 2 is 1.74 bits per heavy atom. The average molecular weight is 646 g/mol. The normalized spacial score (nSPS) is 27.1. The molecule has 2 aromatic carbocycles. The van der Waals surface area contributed by atoms with Crippen molar-refractivity contribution in [3.8, 4) is 17.0 Å². The molecular formula is C35H43N5O5S. The predicted molar refractivity (Wildman–Crippen MR) is 176 cm³/mol. The number of nitrogens with one attached hydrogen (secondary N) is 2. The molecule has 3 aromatic rings. The summed E-state index contributed by atoms with van der Waals surface area (Å²) in [6.07, 6.45) is 8.75. The van der Waals surface area contributed by atoms with Crippen molar-refractivity contribution in [2.45, 2.75) is 81.8 Å². The number of amides is 2. The number of ether oxygens (including phenoxy) is 1. The largest absolute Gasteiger partial charge is 0.497 e. The molecule has 1 aromatic heterocycles. The molecule has 4 heterocycles. The molecule has 2 N–H and O–H groups in total. The third-order valence-corrected chi connectivity index (χ3v) is 12.8. The first kappa shape index (κ1) is 30.0. The highest BCUT2D eigenvalue weighted by Crippen LogP contribution is 2.66. The van der Waals surface area contributed by atoms with Crippen LogP contribution in [0.2, 0.25) is 0 Å². The van der Waals surface area contributed by atoms with Gasteiger partial charge >= 0.3 is 10.2 Å². The van der Waals surface area contributed by atoms with E-state index in [0.717, 1.165) is 77.4 Å². The van der Waals surface area contributed by atoms with Crippen LogP contribution < -0.4 is 14.8 Å². The highest BCUT2D eigenvalue weighted by molar-refractivity contribution is 7.87. The Labute approximate surface area is 270 Å². The first-order chi connectivity index (χ1) is 22.1. The average Bonchev–Trinajstić information content (AvgIpc) is 3.60. The number of benzene rings is 2. The number of methoxy groups -OCH3 is 1. The van der Waals surface area contributed by atoms with Crippen LogP contribution in [0.25, 0.3) is 22.2 Å². The molecule has 2 unspecified atom stereocenters. The monoisotopic (exact) mass is 645 g/mol. The van der Waals surface area contributed by atoms with Crippen molar-refractivity contribution in [3.05, 3.63) is 53.1 Å². The zero-order valence-electron chi connectivity index (χ0n) is 26.8. The lowest BCUT2D eigenvalue weighted by atomic mass is 9.81. The van der Waals surface area contributed by atoms with Crippen molar-refractivity contribution in [1.29, 1.82) is 0 Å². The van der Waals surface area contributed by atoms with Crippen LogP contribution in [0.5, 0.6) is 5.75 Å². The number of carbonyl (C=O) groups is 2. The Hall–Kier alpha value is -3.41. The topological polar surface area (TPSA) is 113 Å². The minimum Gasteiger partial charge on any atom is -0.497 e. The molecule has 3 aliphatic heterocycles. The molecule has 8 rings (SSSR count). The van der Waals surface area contributed by atoms with Crippen molar-refractivity contribution in [2.24, 2.45) is 5.41 Å². The van der Waals surface area contributed by atoms with E-state index in [1.807, 2.05) is 18.2 Å². The number of carbonyl (C=O) groups excluding carboxylic acids is 2. The Balaban J connectivity index is 1.31. The first-order valence-electron chi connectivity index (χ1n) is 16.7. The smallest absolute Gasteiger partial charge is 0.303 e. The van der Waals surface area contributed by atoms with Crippen LogP contribution >= 0.6 is 0 Å². The maximum Gasteiger partial charge on any atom is 0.303 e. The molecule has 2 saturated heterocycles. The minimum absolute atomic E-state index is 0.0727. The van der Waals surface area contributed by atoms with E-state index in [9.17, 15) is 18.0 Å². The summed E-state index contributed by atoms with van der Waals surface area (Å²) in [4.78, 5) is 30.2. The van der Waals surface area contributed by atoms with Crippen LogP contribution in [0, 0.1) is 5.41 Å². The fourth-order valence-corrected chi connectivity index (χ4v) is 9.50. The minimum atomic E-state index is -3.96. The fourth-order valence-electron chi connectivity index (χ4n) is 8.97. The number of aromatic nitrogens is 1. The molecule has 244 valence electrons. The SMILES string of the molecule is COc1ccc2c(c1)C1CC1(C(=O)N1C[C@H]3CC[C@@H](C1)N3)Cn1c-2c(C2CCCCC2)c2ccc(C(=O)NS(=O)(=O)N(C)C)cc21. The molecule has 5 aliphatic rings. The molecule has 4 fully saturated rings. The summed E-state index contributed by atoms with van der Waals surface area (Å²) in [6.45, 7) is 2.00. The Kier molecular flexibility index (Phi) is 7.04. The van der Waals surface area contributed by atoms with Crippen molar-refractivity contribution >= 4 is 32.9 Å². The Morgan fingerprint density at radius 1 is 1.00 bits per heavy atom. The molecule has 0 spiro atoms. The van der Waals surface area contributed by atoms with Gasteiger partial charge in [0.15, 0.2) is 0 Å². The molecule has 46 heavy (non-hydrogen) atoms. The van der Waals surface area contributed by atoms with Crippen molar-refractivity contribution in [2.75, 3.05) is 34.3 Å². The maximum atomic E-state index is 14.7. The van der Waals surface area contributed by atoms with Gasteiger partial charge in [-0.25, -0.2) is 4.72 Å². The van der Waals surface area contributed by atoms with Gasteiger partial charge in [-0.15, -0.1) is 0 Å². The molecule has 2 amide bonds. The van der Waals surface area contributed by atoms with Gasteiger partial charge < -0.3 is 19.5 Å². The third kappa shape index (κ3) is 4.68. The van der Waals surface area contributed by atoms with E-state index in [-0.39, 0.29) is 17.4 Å². The van der Waals surface area contributed by atoms with E-state index in [2.05, 4.69) is 31.6 Å². The molecule has 10 nitrogen and oxygen atoms in total. The van der Waals surface area contributed by atoms with Gasteiger partial charge in [0.05, 0.1) is 18.2 Å². The molecule has 11 heteroatoms. The number of piperazine rings is 1. The van der Waals surface area contributed by atoms with Crippen LogP contribution in [0.15, 0.2) is 36.4 Å². The fraction of sp³-hybridized carbons (Fsp3) is 0.543. The van der Waals surface area contributed by atoms with Crippen molar-refractivity contribution in [1.82, 2.24) is 23.8 Å². The van der Waals surface area contributed by atoms with Gasteiger partial charge in [-0.05, 0) is 79.5 Å². The molecule has 2 bridgehead atoms. The second-order valence-electron chi connectivity index (χ2n) is 14.3. The zero-order valence-corrected chi connectivity index (χ0v) is 27.7. The summed E-state index contributed by atoms with van der Waals surface area (Å²) in [7, 11) is 0.508. The zero-order chi connectivity index (χ0) is 32.0. The molecular weight excluding hydrogens is 602 g/mol. The lowest BCUT2D eigenvalue weighted by Gasteiger charge is -2.36. The summed E-state index contributed by atoms with van der Waals surface area (Å²) in [5.74, 6) is 0.779. The van der Waals surface area contributed by atoms with Gasteiger partial charge in [-0.2, -0.15) is 12.7 Å². The molecule has 0 radical (unpaired) electrons. The van der Waals surface area contributed by atoms with Crippen LogP contribution in [0.3, 0.4) is 0 Å². The lowest BCUT2D eigenvalue weighted by Crippen LogP contribution is -2.55. The van der Waals surface area contributed by atoms with Gasteiger partial charge in [0.1, 0.15) is 5.75 Å². The van der Waals surface area contributed by atoms with Crippen LogP contribution in [0.4, 0.5) is 0 Å². The van der Waals surface area contributed by atoms with Gasteiger partial charge in [-0.1, -0.05) is 25.3 Å². The van der Waals surface area contributed by atoms with Crippen LogP contribution in [0.1, 0.15) is 84.7 Å². The van der Waals surface area contributed by atoms with Crippen molar-refractivity contribution < 1.29 is 22.7 Å². The Morgan fingerprint density at radius 3 is 2.43 bits per heavy atom. The van der Waals surface area contributed by atoms with Crippen molar-refractivity contribution in [3.63, 3.8) is 0 Å². The highest BCUT2D eigenvalue weighted by atomic mass is 32.2. The predicted octanol–water partition coefficient (Wildman–Crippen LogP) is 4.35. The van der Waals surface area contributed by atoms with Gasteiger partial charge in [0, 0.05) is 73.8 Å². The summed E-state index contributed by atoms with van der Waals surface area (Å²) >= 11 is 0. The van der Waals surface area contributed by atoms with Gasteiger partial charge in [-0.3, -0.25) is 9.59 Å². The standard InChI is InChI=1S/C35H43N5O5S/c1-38(2)46(43,44)37-33(41)22-9-13-27-30(15-22)40-20-35(34(42)39-18-23-10-11-24(19-39)36-23)17-29(35)28-16-25(45-3)12-14-26(28)32(40)31(27)21-7-5-4-6-8-21/h9,12-16,21,23-24,29,36H,4-8,10-11,17-20H2,1-3H3,(H,37,41)/t23-,24+,29?,35?. The maximum absolute atomic E-state index is 14.7. The number of rotatable bonds is 6. The third-order valence-electron chi connectivity index (χ3n) is 11.4. The number of likely N-dealkylation sites (tertiary alicyclic amines) is 1. The molecule has 4 atom stereocenters. The lowest BCUT2D eigenvalue weighted by molar-refractivity contribution is -0.139. The Bertz CT molecular complexity index is 1850. The van der Waals surface area contributed by atoms with E-state index in [0.29, 0.717) is 24.5 Å². The van der Waals surface area contributed by atoms with Crippen LogP contribution in [-0.4, -0.2) is 80.4 Å². The van der Waals surface area contributed by atoms with Gasteiger partial charge in [0.25, 0.3) is 5.91 Å². The van der Waals surface area contributed by atoms with E-state index in [4.69, 9.17) is 4.74 Å². The number of nitrogens with zero attached hydrogens (tertiary/aromatic N) is 3. The number of fused-ring (bicyclic) bond motifs is 9. The van der Waals surface area contributed by atoms with E-state index >= 15 is 0 Å². The number of hydrogen-bond donors (Lipinski definition) is 2.